The number of benzene rings is 1. The highest BCUT2D eigenvalue weighted by atomic mass is 32.1. The molecule has 2 aromatic heterocycles. The van der Waals surface area contributed by atoms with Crippen LogP contribution >= 0.6 is 11.3 Å². The van der Waals surface area contributed by atoms with Gasteiger partial charge in [0.2, 0.25) is 11.8 Å². The Kier molecular flexibility index (Phi) is 5.52. The molecule has 10 heteroatoms. The van der Waals surface area contributed by atoms with E-state index in [0.29, 0.717) is 5.69 Å². The van der Waals surface area contributed by atoms with Crippen LogP contribution in [0.4, 0.5) is 0 Å². The summed E-state index contributed by atoms with van der Waals surface area (Å²) >= 11 is 1.52. The van der Waals surface area contributed by atoms with Gasteiger partial charge in [0.15, 0.2) is 0 Å². The highest BCUT2D eigenvalue weighted by Gasteiger charge is 2.45. The maximum Gasteiger partial charge on any atom is 0.248 e. The van der Waals surface area contributed by atoms with Crippen molar-refractivity contribution < 1.29 is 14.7 Å². The summed E-state index contributed by atoms with van der Waals surface area (Å²) < 4.78 is 2.60. The van der Waals surface area contributed by atoms with Gasteiger partial charge in [0.05, 0.1) is 22.5 Å². The molecular formula is C21H26N6O3S. The Bertz CT molecular complexity index is 1080. The molecule has 3 heterocycles. The third kappa shape index (κ3) is 4.05. The smallest absolute Gasteiger partial charge is 0.248 e. The number of aliphatic hydroxyl groups excluding tert-OH is 1. The highest BCUT2D eigenvalue weighted by molar-refractivity contribution is 7.21. The number of aromatic nitrogens is 4. The number of thiazole rings is 1. The quantitative estimate of drug-likeness (QED) is 0.638. The van der Waals surface area contributed by atoms with Gasteiger partial charge in [0.1, 0.15) is 22.8 Å². The Hall–Kier alpha value is -2.85. The fraction of sp³-hybridized carbons (Fsp3) is 0.476. The third-order valence-corrected chi connectivity index (χ3v) is 6.51. The molecule has 0 aliphatic carbocycles. The normalized spacial score (nSPS) is 20.2. The van der Waals surface area contributed by atoms with Crippen molar-refractivity contribution in [1.29, 1.82) is 0 Å². The van der Waals surface area contributed by atoms with Crippen molar-refractivity contribution in [3.8, 4) is 10.7 Å². The summed E-state index contributed by atoms with van der Waals surface area (Å²) in [7, 11) is 1.53. The number of aliphatic hydroxyl groups is 1. The Morgan fingerprint density at radius 1 is 1.29 bits per heavy atom. The number of β-amino-alcohol motifs (C(OH)–C–C–N with tert-alkyl or cyclic N) is 1. The van der Waals surface area contributed by atoms with Crippen molar-refractivity contribution in [3.05, 3.63) is 30.5 Å². The number of rotatable bonds is 4. The first kappa shape index (κ1) is 21.4. The van der Waals surface area contributed by atoms with Crippen molar-refractivity contribution in [2.75, 3.05) is 13.6 Å². The number of nitrogens with zero attached hydrogens (tertiary/aromatic N) is 5. The molecule has 3 aromatic rings. The van der Waals surface area contributed by atoms with Gasteiger partial charge < -0.3 is 15.3 Å². The zero-order chi connectivity index (χ0) is 22.3. The van der Waals surface area contributed by atoms with E-state index < -0.39 is 23.6 Å². The monoisotopic (exact) mass is 442 g/mol. The molecule has 164 valence electrons. The van der Waals surface area contributed by atoms with E-state index in [-0.39, 0.29) is 24.8 Å². The zero-order valence-corrected chi connectivity index (χ0v) is 18.8. The van der Waals surface area contributed by atoms with Crippen molar-refractivity contribution in [1.82, 2.24) is 30.2 Å². The van der Waals surface area contributed by atoms with Gasteiger partial charge in [-0.3, -0.25) is 9.59 Å². The van der Waals surface area contributed by atoms with Gasteiger partial charge in [-0.2, -0.15) is 0 Å². The van der Waals surface area contributed by atoms with E-state index in [4.69, 9.17) is 0 Å². The lowest BCUT2D eigenvalue weighted by Gasteiger charge is -2.34. The van der Waals surface area contributed by atoms with E-state index in [1.165, 1.54) is 23.3 Å². The summed E-state index contributed by atoms with van der Waals surface area (Å²) in [5.74, 6) is -0.551. The molecule has 2 unspecified atom stereocenters. The van der Waals surface area contributed by atoms with Crippen molar-refractivity contribution in [3.63, 3.8) is 0 Å². The third-order valence-electron chi connectivity index (χ3n) is 5.45. The predicted molar refractivity (Wildman–Crippen MR) is 117 cm³/mol. The number of carbonyl (C=O) groups excluding carboxylic acids is 2. The summed E-state index contributed by atoms with van der Waals surface area (Å²) in [4.78, 5) is 32.0. The molecule has 1 aliphatic rings. The van der Waals surface area contributed by atoms with E-state index in [1.807, 2.05) is 45.0 Å². The van der Waals surface area contributed by atoms with Crippen LogP contribution in [-0.2, 0) is 9.59 Å². The van der Waals surface area contributed by atoms with Crippen molar-refractivity contribution in [2.24, 2.45) is 5.41 Å². The van der Waals surface area contributed by atoms with Crippen LogP contribution in [0, 0.1) is 5.41 Å². The summed E-state index contributed by atoms with van der Waals surface area (Å²) in [6.45, 7) is 5.94. The van der Waals surface area contributed by atoms with E-state index in [0.717, 1.165) is 15.2 Å². The molecule has 31 heavy (non-hydrogen) atoms. The van der Waals surface area contributed by atoms with Crippen LogP contribution in [0.25, 0.3) is 20.9 Å². The fourth-order valence-corrected chi connectivity index (χ4v) is 4.91. The van der Waals surface area contributed by atoms with Crippen molar-refractivity contribution >= 4 is 33.4 Å². The van der Waals surface area contributed by atoms with Crippen LogP contribution in [0.3, 0.4) is 0 Å². The lowest BCUT2D eigenvalue weighted by Crippen LogP contribution is -2.49. The maximum atomic E-state index is 13.6. The Labute approximate surface area is 184 Å². The average Bonchev–Trinajstić information content (AvgIpc) is 3.43. The molecule has 2 N–H and O–H groups in total. The summed E-state index contributed by atoms with van der Waals surface area (Å²) in [6.07, 6.45) is 1.21. The minimum absolute atomic E-state index is 0.114. The minimum Gasteiger partial charge on any atom is -0.391 e. The summed E-state index contributed by atoms with van der Waals surface area (Å²) in [6, 6.07) is 6.44. The number of para-hydroxylation sites is 1. The molecule has 1 saturated heterocycles. The molecule has 4 rings (SSSR count). The second-order valence-corrected chi connectivity index (χ2v) is 9.88. The van der Waals surface area contributed by atoms with Gasteiger partial charge in [0, 0.05) is 20.0 Å². The highest BCUT2D eigenvalue weighted by Crippen LogP contribution is 2.35. The number of hydrogen-bond acceptors (Lipinski definition) is 7. The van der Waals surface area contributed by atoms with Crippen LogP contribution in [0.5, 0.6) is 0 Å². The molecule has 0 saturated carbocycles. The number of likely N-dealkylation sites (N-methyl/N-ethyl adjacent to an activating group) is 1. The van der Waals surface area contributed by atoms with E-state index in [1.54, 1.807) is 10.9 Å². The molecule has 0 spiro atoms. The van der Waals surface area contributed by atoms with Crippen LogP contribution in [0.1, 0.15) is 33.2 Å². The first-order valence-corrected chi connectivity index (χ1v) is 11.0. The molecule has 0 bridgehead atoms. The second-order valence-electron chi connectivity index (χ2n) is 8.85. The lowest BCUT2D eigenvalue weighted by molar-refractivity contribution is -0.144. The standard InChI is InChI=1S/C21H26N6O3S/c1-21(2,3)17(20(30)26-10-12(28)9-15(26)18(29)22-4)27-11-14(24-25-27)19-23-13-7-5-6-8-16(13)31-19/h5-8,11-12,15,17,28H,9-10H2,1-4H3,(H,22,29)/t12?,15?,17-/m1/s1. The van der Waals surface area contributed by atoms with Gasteiger partial charge in [-0.15, -0.1) is 16.4 Å². The van der Waals surface area contributed by atoms with Gasteiger partial charge >= 0.3 is 0 Å². The first-order valence-electron chi connectivity index (χ1n) is 10.2. The maximum absolute atomic E-state index is 13.6. The molecule has 1 fully saturated rings. The van der Waals surface area contributed by atoms with E-state index in [2.05, 4.69) is 20.6 Å². The predicted octanol–water partition coefficient (Wildman–Crippen LogP) is 1.85. The minimum atomic E-state index is -0.735. The topological polar surface area (TPSA) is 113 Å². The van der Waals surface area contributed by atoms with Gasteiger partial charge in [-0.1, -0.05) is 38.1 Å². The number of nitrogens with one attached hydrogen (secondary N) is 1. The summed E-state index contributed by atoms with van der Waals surface area (Å²) in [5.41, 5.74) is 0.976. The number of carbonyl (C=O) groups is 2. The van der Waals surface area contributed by atoms with Crippen LogP contribution in [0.15, 0.2) is 30.5 Å². The molecule has 9 nitrogen and oxygen atoms in total. The lowest BCUT2D eigenvalue weighted by atomic mass is 9.85. The average molecular weight is 443 g/mol. The zero-order valence-electron chi connectivity index (χ0n) is 17.9. The van der Waals surface area contributed by atoms with Crippen LogP contribution in [-0.4, -0.2) is 67.5 Å². The van der Waals surface area contributed by atoms with E-state index in [9.17, 15) is 14.7 Å². The second kappa shape index (κ2) is 8.01. The van der Waals surface area contributed by atoms with Crippen molar-refractivity contribution in [2.45, 2.75) is 45.4 Å². The number of hydrogen-bond donors (Lipinski definition) is 2. The Morgan fingerprint density at radius 3 is 2.71 bits per heavy atom. The molecule has 1 aromatic carbocycles. The molecule has 1 aliphatic heterocycles. The van der Waals surface area contributed by atoms with Crippen LogP contribution < -0.4 is 5.32 Å². The SMILES string of the molecule is CNC(=O)C1CC(O)CN1C(=O)[C@@H](n1cc(-c2nc3ccccc3s2)nn1)C(C)(C)C. The van der Waals surface area contributed by atoms with E-state index >= 15 is 0 Å². The van der Waals surface area contributed by atoms with Gasteiger partial charge in [-0.05, 0) is 17.5 Å². The Morgan fingerprint density at radius 2 is 2.03 bits per heavy atom. The fourth-order valence-electron chi connectivity index (χ4n) is 3.99. The van der Waals surface area contributed by atoms with Crippen LogP contribution in [0.2, 0.25) is 0 Å². The largest absolute Gasteiger partial charge is 0.391 e. The number of fused-ring (bicyclic) bond motifs is 1. The van der Waals surface area contributed by atoms with Gasteiger partial charge in [-0.25, -0.2) is 9.67 Å². The number of likely N-dealkylation sites (tertiary alicyclic amines) is 1. The first-order chi connectivity index (χ1) is 14.7. The molecule has 3 atom stereocenters. The summed E-state index contributed by atoms with van der Waals surface area (Å²) in [5, 5.41) is 22.0. The Balaban J connectivity index is 1.67. The molecule has 2 amide bonds. The molecular weight excluding hydrogens is 416 g/mol. The van der Waals surface area contributed by atoms with Gasteiger partial charge in [0.25, 0.3) is 0 Å². The number of amides is 2. The molecule has 0 radical (unpaired) electrons.